The summed E-state index contributed by atoms with van der Waals surface area (Å²) in [6, 6.07) is 17.4. The maximum absolute atomic E-state index is 12.2. The number of benzene rings is 2. The lowest BCUT2D eigenvalue weighted by Gasteiger charge is -2.21. The number of rotatable bonds is 8. The van der Waals surface area contributed by atoms with Gasteiger partial charge in [-0.3, -0.25) is 9.59 Å². The molecule has 138 valence electrons. The summed E-state index contributed by atoms with van der Waals surface area (Å²) < 4.78 is 0. The van der Waals surface area contributed by atoms with Crippen molar-refractivity contribution in [2.45, 2.75) is 26.8 Å². The van der Waals surface area contributed by atoms with Gasteiger partial charge in [0, 0.05) is 38.1 Å². The maximum Gasteiger partial charge on any atom is 0.233 e. The standard InChI is InChI=1S/C21H27N3O2/c1-4-24(5-2)19-13-11-18(12-14-19)22-20(25)15-21(26)23(3)16-17-9-7-6-8-10-17/h6-14H,4-5,15-16H2,1-3H3,(H,22,25). The Morgan fingerprint density at radius 2 is 1.54 bits per heavy atom. The Bertz CT molecular complexity index is 710. The van der Waals surface area contributed by atoms with Crippen LogP contribution in [0.2, 0.25) is 0 Å². The summed E-state index contributed by atoms with van der Waals surface area (Å²) >= 11 is 0. The average Bonchev–Trinajstić information content (AvgIpc) is 2.64. The van der Waals surface area contributed by atoms with Gasteiger partial charge >= 0.3 is 0 Å². The first-order chi connectivity index (χ1) is 12.5. The molecule has 2 aromatic carbocycles. The molecule has 0 atom stereocenters. The maximum atomic E-state index is 12.2. The first-order valence-corrected chi connectivity index (χ1v) is 8.96. The van der Waals surface area contributed by atoms with Gasteiger partial charge in [0.25, 0.3) is 0 Å². The van der Waals surface area contributed by atoms with E-state index >= 15 is 0 Å². The first-order valence-electron chi connectivity index (χ1n) is 8.96. The molecule has 0 aliphatic rings. The van der Waals surface area contributed by atoms with E-state index < -0.39 is 0 Å². The molecule has 0 aliphatic heterocycles. The number of nitrogens with one attached hydrogen (secondary N) is 1. The molecule has 0 heterocycles. The zero-order valence-corrected chi connectivity index (χ0v) is 15.7. The van der Waals surface area contributed by atoms with Gasteiger partial charge in [-0.1, -0.05) is 30.3 Å². The first kappa shape index (κ1) is 19.5. The van der Waals surface area contributed by atoms with E-state index in [9.17, 15) is 9.59 Å². The monoisotopic (exact) mass is 353 g/mol. The fourth-order valence-corrected chi connectivity index (χ4v) is 2.77. The Hall–Kier alpha value is -2.82. The predicted octanol–water partition coefficient (Wildman–Crippen LogP) is 3.52. The Balaban J connectivity index is 1.86. The zero-order chi connectivity index (χ0) is 18.9. The molecular formula is C21H27N3O2. The molecule has 0 aliphatic carbocycles. The van der Waals surface area contributed by atoms with Gasteiger partial charge < -0.3 is 15.1 Å². The molecule has 0 aromatic heterocycles. The summed E-state index contributed by atoms with van der Waals surface area (Å²) in [6.07, 6.45) is -0.166. The molecular weight excluding hydrogens is 326 g/mol. The molecule has 0 bridgehead atoms. The highest BCUT2D eigenvalue weighted by Gasteiger charge is 2.14. The SMILES string of the molecule is CCN(CC)c1ccc(NC(=O)CC(=O)N(C)Cc2ccccc2)cc1. The second kappa shape index (κ2) is 9.61. The van der Waals surface area contributed by atoms with E-state index in [0.29, 0.717) is 12.2 Å². The van der Waals surface area contributed by atoms with Crippen molar-refractivity contribution in [2.75, 3.05) is 30.4 Å². The lowest BCUT2D eigenvalue weighted by molar-refractivity contribution is -0.133. The lowest BCUT2D eigenvalue weighted by atomic mass is 10.2. The van der Waals surface area contributed by atoms with Crippen molar-refractivity contribution in [1.82, 2.24) is 4.90 Å². The summed E-state index contributed by atoms with van der Waals surface area (Å²) in [5.74, 6) is -0.503. The van der Waals surface area contributed by atoms with Crippen LogP contribution < -0.4 is 10.2 Å². The van der Waals surface area contributed by atoms with E-state index in [0.717, 1.165) is 24.3 Å². The molecule has 0 fully saturated rings. The van der Waals surface area contributed by atoms with Crippen LogP contribution in [0.3, 0.4) is 0 Å². The largest absolute Gasteiger partial charge is 0.372 e. The van der Waals surface area contributed by atoms with Gasteiger partial charge in [-0.2, -0.15) is 0 Å². The van der Waals surface area contributed by atoms with Gasteiger partial charge in [0.1, 0.15) is 6.42 Å². The summed E-state index contributed by atoms with van der Waals surface area (Å²) in [5.41, 5.74) is 2.85. The summed E-state index contributed by atoms with van der Waals surface area (Å²) in [6.45, 7) is 6.58. The molecule has 0 radical (unpaired) electrons. The van der Waals surface area contributed by atoms with Crippen LogP contribution in [0.25, 0.3) is 0 Å². The minimum Gasteiger partial charge on any atom is -0.372 e. The van der Waals surface area contributed by atoms with Crippen LogP contribution in [0.15, 0.2) is 54.6 Å². The number of hydrogen-bond donors (Lipinski definition) is 1. The number of hydrogen-bond acceptors (Lipinski definition) is 3. The zero-order valence-electron chi connectivity index (χ0n) is 15.7. The molecule has 2 amide bonds. The van der Waals surface area contributed by atoms with Crippen molar-refractivity contribution < 1.29 is 9.59 Å². The van der Waals surface area contributed by atoms with Crippen LogP contribution in [0, 0.1) is 0 Å². The Labute approximate surface area is 155 Å². The van der Waals surface area contributed by atoms with Gasteiger partial charge in [0.05, 0.1) is 0 Å². The molecule has 26 heavy (non-hydrogen) atoms. The van der Waals surface area contributed by atoms with Crippen molar-refractivity contribution in [2.24, 2.45) is 0 Å². The second-order valence-corrected chi connectivity index (χ2v) is 6.18. The van der Waals surface area contributed by atoms with Crippen molar-refractivity contribution in [3.8, 4) is 0 Å². The van der Waals surface area contributed by atoms with E-state index in [1.807, 2.05) is 54.6 Å². The minimum absolute atomic E-state index is 0.166. The number of carbonyl (C=O) groups is 2. The quantitative estimate of drug-likeness (QED) is 0.739. The third-order valence-electron chi connectivity index (χ3n) is 4.28. The van der Waals surface area contributed by atoms with Crippen LogP contribution in [0.5, 0.6) is 0 Å². The second-order valence-electron chi connectivity index (χ2n) is 6.18. The Morgan fingerprint density at radius 1 is 0.923 bits per heavy atom. The van der Waals surface area contributed by atoms with Gasteiger partial charge in [-0.05, 0) is 43.7 Å². The number of amides is 2. The highest BCUT2D eigenvalue weighted by molar-refractivity contribution is 6.03. The molecule has 5 nitrogen and oxygen atoms in total. The van der Waals surface area contributed by atoms with Crippen molar-refractivity contribution in [3.05, 3.63) is 60.2 Å². The Morgan fingerprint density at radius 3 is 2.12 bits per heavy atom. The molecule has 0 saturated heterocycles. The van der Waals surface area contributed by atoms with E-state index in [4.69, 9.17) is 0 Å². The van der Waals surface area contributed by atoms with E-state index in [-0.39, 0.29) is 18.2 Å². The van der Waals surface area contributed by atoms with Gasteiger partial charge in [0.15, 0.2) is 0 Å². The van der Waals surface area contributed by atoms with Gasteiger partial charge in [-0.15, -0.1) is 0 Å². The summed E-state index contributed by atoms with van der Waals surface area (Å²) in [5, 5.41) is 2.79. The third-order valence-corrected chi connectivity index (χ3v) is 4.28. The van der Waals surface area contributed by atoms with Crippen LogP contribution in [0.4, 0.5) is 11.4 Å². The van der Waals surface area contributed by atoms with E-state index in [2.05, 4.69) is 24.1 Å². The highest BCUT2D eigenvalue weighted by Crippen LogP contribution is 2.18. The van der Waals surface area contributed by atoms with Crippen molar-refractivity contribution in [3.63, 3.8) is 0 Å². The van der Waals surface area contributed by atoms with E-state index in [1.54, 1.807) is 11.9 Å². The van der Waals surface area contributed by atoms with Crippen molar-refractivity contribution in [1.29, 1.82) is 0 Å². The fourth-order valence-electron chi connectivity index (χ4n) is 2.77. The number of nitrogens with zero attached hydrogens (tertiary/aromatic N) is 2. The normalized spacial score (nSPS) is 10.3. The molecule has 0 spiro atoms. The smallest absolute Gasteiger partial charge is 0.233 e. The molecule has 0 unspecified atom stereocenters. The fraction of sp³-hybridized carbons (Fsp3) is 0.333. The predicted molar refractivity (Wildman–Crippen MR) is 106 cm³/mol. The summed E-state index contributed by atoms with van der Waals surface area (Å²) in [4.78, 5) is 28.2. The Kier molecular flexibility index (Phi) is 7.21. The van der Waals surface area contributed by atoms with Crippen molar-refractivity contribution >= 4 is 23.2 Å². The molecule has 2 rings (SSSR count). The summed E-state index contributed by atoms with van der Waals surface area (Å²) in [7, 11) is 1.71. The number of carbonyl (C=O) groups excluding carboxylic acids is 2. The minimum atomic E-state index is -0.300. The highest BCUT2D eigenvalue weighted by atomic mass is 16.2. The molecule has 2 aromatic rings. The van der Waals surface area contributed by atoms with Gasteiger partial charge in [0.2, 0.25) is 11.8 Å². The van der Waals surface area contributed by atoms with Crippen LogP contribution >= 0.6 is 0 Å². The van der Waals surface area contributed by atoms with Crippen LogP contribution in [-0.4, -0.2) is 36.9 Å². The van der Waals surface area contributed by atoms with Crippen LogP contribution in [0.1, 0.15) is 25.8 Å². The number of anilines is 2. The molecule has 0 saturated carbocycles. The van der Waals surface area contributed by atoms with Crippen LogP contribution in [-0.2, 0) is 16.1 Å². The lowest BCUT2D eigenvalue weighted by Crippen LogP contribution is -2.30. The molecule has 5 heteroatoms. The topological polar surface area (TPSA) is 52.7 Å². The van der Waals surface area contributed by atoms with Gasteiger partial charge in [-0.25, -0.2) is 0 Å². The molecule has 1 N–H and O–H groups in total. The average molecular weight is 353 g/mol. The third kappa shape index (κ3) is 5.62. The van der Waals surface area contributed by atoms with E-state index in [1.165, 1.54) is 0 Å².